The summed E-state index contributed by atoms with van der Waals surface area (Å²) in [6.07, 6.45) is 2.56. The van der Waals surface area contributed by atoms with Crippen molar-refractivity contribution in [1.82, 2.24) is 15.0 Å². The van der Waals surface area contributed by atoms with E-state index in [1.165, 1.54) is 23.1 Å². The molecule has 1 aliphatic rings. The first-order valence-corrected chi connectivity index (χ1v) is 11.5. The van der Waals surface area contributed by atoms with Crippen molar-refractivity contribution < 1.29 is 9.53 Å². The Labute approximate surface area is 190 Å². The number of benzene rings is 1. The summed E-state index contributed by atoms with van der Waals surface area (Å²) in [5, 5.41) is 5.43. The Morgan fingerprint density at radius 3 is 2.71 bits per heavy atom. The maximum Gasteiger partial charge on any atom is 0.277 e. The fourth-order valence-electron chi connectivity index (χ4n) is 3.27. The first-order valence-electron chi connectivity index (χ1n) is 10.3. The zero-order valence-electron chi connectivity index (χ0n) is 17.5. The van der Waals surface area contributed by atoms with E-state index in [1.807, 2.05) is 10.3 Å². The van der Waals surface area contributed by atoms with Gasteiger partial charge >= 0.3 is 0 Å². The van der Waals surface area contributed by atoms with Crippen LogP contribution in [0, 0.1) is 0 Å². The monoisotopic (exact) mass is 457 g/mol. The Morgan fingerprint density at radius 1 is 1.26 bits per heavy atom. The molecule has 1 unspecified atom stereocenters. The van der Waals surface area contributed by atoms with E-state index in [9.17, 15) is 4.79 Å². The number of halogens is 1. The van der Waals surface area contributed by atoms with E-state index in [-0.39, 0.29) is 10.7 Å². The average Bonchev–Trinajstić information content (AvgIpc) is 3.28. The summed E-state index contributed by atoms with van der Waals surface area (Å²) in [5.74, 6) is 0.591. The van der Waals surface area contributed by atoms with E-state index in [1.54, 1.807) is 0 Å². The van der Waals surface area contributed by atoms with Gasteiger partial charge in [0.15, 0.2) is 10.8 Å². The van der Waals surface area contributed by atoms with Gasteiger partial charge in [-0.1, -0.05) is 49.7 Å². The van der Waals surface area contributed by atoms with Crippen LogP contribution in [0.5, 0.6) is 0 Å². The summed E-state index contributed by atoms with van der Waals surface area (Å²) < 4.78 is 5.35. The lowest BCUT2D eigenvalue weighted by atomic mass is 9.97. The molecule has 1 atom stereocenters. The van der Waals surface area contributed by atoms with Gasteiger partial charge in [0.05, 0.1) is 30.1 Å². The van der Waals surface area contributed by atoms with Gasteiger partial charge in [-0.25, -0.2) is 15.0 Å². The lowest BCUT2D eigenvalue weighted by Gasteiger charge is -2.26. The summed E-state index contributed by atoms with van der Waals surface area (Å²) in [5.41, 5.74) is 3.27. The Morgan fingerprint density at radius 2 is 2.00 bits per heavy atom. The van der Waals surface area contributed by atoms with Crippen molar-refractivity contribution in [3.05, 3.63) is 52.1 Å². The number of carbonyl (C=O) groups is 1. The van der Waals surface area contributed by atoms with Gasteiger partial charge in [0.1, 0.15) is 0 Å². The minimum absolute atomic E-state index is 0.132. The molecular weight excluding hydrogens is 434 g/mol. The summed E-state index contributed by atoms with van der Waals surface area (Å²) >= 11 is 7.57. The smallest absolute Gasteiger partial charge is 0.277 e. The molecule has 0 saturated carbocycles. The number of thiazole rings is 1. The molecule has 3 heterocycles. The molecule has 4 rings (SSSR count). The number of nitrogens with one attached hydrogen (secondary N) is 1. The van der Waals surface area contributed by atoms with Crippen molar-refractivity contribution >= 4 is 39.9 Å². The van der Waals surface area contributed by atoms with Gasteiger partial charge in [0.2, 0.25) is 5.95 Å². The third-order valence-electron chi connectivity index (χ3n) is 5.35. The number of nitrogens with zero attached hydrogens (tertiary/aromatic N) is 4. The average molecular weight is 458 g/mol. The summed E-state index contributed by atoms with van der Waals surface area (Å²) in [6.45, 7) is 6.96. The Balaban J connectivity index is 1.48. The minimum atomic E-state index is -0.407. The van der Waals surface area contributed by atoms with Crippen molar-refractivity contribution in [2.75, 3.05) is 36.5 Å². The van der Waals surface area contributed by atoms with Gasteiger partial charge in [0, 0.05) is 24.0 Å². The number of amides is 1. The van der Waals surface area contributed by atoms with Gasteiger partial charge < -0.3 is 9.64 Å². The number of carbonyl (C=O) groups excluding carboxylic acids is 1. The second-order valence-corrected chi connectivity index (χ2v) is 8.65. The van der Waals surface area contributed by atoms with Gasteiger partial charge in [-0.2, -0.15) is 0 Å². The van der Waals surface area contributed by atoms with E-state index in [0.717, 1.165) is 17.7 Å². The Bertz CT molecular complexity index is 1050. The number of ether oxygens (including phenoxy) is 1. The molecule has 1 amide bonds. The SMILES string of the molecule is CCC(C)c1ccc(-c2csc(NC(=O)c3nc(N4CCOCC4)ncc3Cl)n2)cc1. The highest BCUT2D eigenvalue weighted by atomic mass is 35.5. The van der Waals surface area contributed by atoms with Crippen molar-refractivity contribution in [2.45, 2.75) is 26.2 Å². The molecule has 1 saturated heterocycles. The lowest BCUT2D eigenvalue weighted by molar-refractivity contribution is 0.102. The highest BCUT2D eigenvalue weighted by Gasteiger charge is 2.20. The normalized spacial score (nSPS) is 15.0. The largest absolute Gasteiger partial charge is 0.378 e. The maximum absolute atomic E-state index is 12.8. The number of morpholine rings is 1. The van der Waals surface area contributed by atoms with Gasteiger partial charge in [-0.05, 0) is 17.9 Å². The van der Waals surface area contributed by atoms with Crippen LogP contribution in [0.1, 0.15) is 42.2 Å². The zero-order valence-corrected chi connectivity index (χ0v) is 19.0. The van der Waals surface area contributed by atoms with Crippen molar-refractivity contribution in [3.63, 3.8) is 0 Å². The van der Waals surface area contributed by atoms with Crippen LogP contribution < -0.4 is 10.2 Å². The molecule has 1 aromatic carbocycles. The van der Waals surface area contributed by atoms with E-state index in [4.69, 9.17) is 16.3 Å². The van der Waals surface area contributed by atoms with E-state index >= 15 is 0 Å². The first-order chi connectivity index (χ1) is 15.0. The van der Waals surface area contributed by atoms with Crippen LogP contribution in [0.2, 0.25) is 5.02 Å². The topological polar surface area (TPSA) is 80.2 Å². The molecule has 7 nitrogen and oxygen atoms in total. The van der Waals surface area contributed by atoms with Gasteiger partial charge in [0.25, 0.3) is 5.91 Å². The van der Waals surface area contributed by atoms with Gasteiger partial charge in [-0.3, -0.25) is 10.1 Å². The number of hydrogen-bond acceptors (Lipinski definition) is 7. The summed E-state index contributed by atoms with van der Waals surface area (Å²) in [4.78, 5) is 28.0. The fraction of sp³-hybridized carbons (Fsp3) is 0.364. The number of rotatable bonds is 6. The Kier molecular flexibility index (Phi) is 6.80. The molecule has 0 aliphatic carbocycles. The fourth-order valence-corrected chi connectivity index (χ4v) is 4.16. The molecule has 0 bridgehead atoms. The predicted octanol–water partition coefficient (Wildman–Crippen LogP) is 4.86. The van der Waals surface area contributed by atoms with Gasteiger partial charge in [-0.15, -0.1) is 11.3 Å². The maximum atomic E-state index is 12.8. The molecule has 1 N–H and O–H groups in total. The molecule has 9 heteroatoms. The molecule has 3 aromatic rings. The van der Waals surface area contributed by atoms with Crippen LogP contribution in [0.15, 0.2) is 35.8 Å². The van der Waals surface area contributed by atoms with Crippen LogP contribution in [0.4, 0.5) is 11.1 Å². The molecule has 162 valence electrons. The number of anilines is 2. The second-order valence-electron chi connectivity index (χ2n) is 7.39. The summed E-state index contributed by atoms with van der Waals surface area (Å²) in [6, 6.07) is 8.40. The third kappa shape index (κ3) is 5.03. The van der Waals surface area contributed by atoms with Crippen LogP contribution in [-0.4, -0.2) is 47.2 Å². The molecule has 31 heavy (non-hydrogen) atoms. The first kappa shape index (κ1) is 21.7. The quantitative estimate of drug-likeness (QED) is 0.569. The molecular formula is C22H24ClN5O2S. The molecule has 0 radical (unpaired) electrons. The molecule has 1 fully saturated rings. The molecule has 0 spiro atoms. The highest BCUT2D eigenvalue weighted by molar-refractivity contribution is 7.14. The summed E-state index contributed by atoms with van der Waals surface area (Å²) in [7, 11) is 0. The highest BCUT2D eigenvalue weighted by Crippen LogP contribution is 2.28. The third-order valence-corrected chi connectivity index (χ3v) is 6.39. The van der Waals surface area contributed by atoms with E-state index < -0.39 is 5.91 Å². The Hall–Kier alpha value is -2.55. The van der Waals surface area contributed by atoms with Crippen molar-refractivity contribution in [3.8, 4) is 11.3 Å². The van der Waals surface area contributed by atoms with Crippen LogP contribution in [0.25, 0.3) is 11.3 Å². The number of aromatic nitrogens is 3. The van der Waals surface area contributed by atoms with E-state index in [2.05, 4.69) is 58.4 Å². The van der Waals surface area contributed by atoms with Crippen LogP contribution in [0.3, 0.4) is 0 Å². The van der Waals surface area contributed by atoms with Crippen molar-refractivity contribution in [2.24, 2.45) is 0 Å². The minimum Gasteiger partial charge on any atom is -0.378 e. The van der Waals surface area contributed by atoms with Crippen molar-refractivity contribution in [1.29, 1.82) is 0 Å². The lowest BCUT2D eigenvalue weighted by Crippen LogP contribution is -2.37. The number of hydrogen-bond donors (Lipinski definition) is 1. The van der Waals surface area contributed by atoms with Crippen LogP contribution in [-0.2, 0) is 4.74 Å². The zero-order chi connectivity index (χ0) is 21.8. The van der Waals surface area contributed by atoms with Crippen LogP contribution >= 0.6 is 22.9 Å². The standard InChI is InChI=1S/C22H24ClN5O2S/c1-3-14(2)15-4-6-16(7-5-15)18-13-31-22(25-18)27-20(29)19-17(23)12-24-21(26-19)28-8-10-30-11-9-28/h4-7,12-14H,3,8-11H2,1-2H3,(H,25,27,29). The molecule has 2 aromatic heterocycles. The predicted molar refractivity (Wildman–Crippen MR) is 124 cm³/mol. The molecule has 1 aliphatic heterocycles. The van der Waals surface area contributed by atoms with E-state index in [0.29, 0.717) is 43.3 Å². The second kappa shape index (κ2) is 9.72.